The highest BCUT2D eigenvalue weighted by Crippen LogP contribution is 2.23. The first-order chi connectivity index (χ1) is 19.7. The van der Waals surface area contributed by atoms with E-state index in [-0.39, 0.29) is 41.3 Å². The van der Waals surface area contributed by atoms with Gasteiger partial charge in [-0.1, -0.05) is 60.1 Å². The monoisotopic (exact) mass is 579 g/mol. The average Bonchev–Trinajstić information content (AvgIpc) is 2.96. The first-order valence-electron chi connectivity index (χ1n) is 13.1. The molecule has 0 spiro atoms. The Hall–Kier alpha value is -4.12. The van der Waals surface area contributed by atoms with Crippen molar-refractivity contribution in [2.45, 2.75) is 38.1 Å². The van der Waals surface area contributed by atoms with Crippen LogP contribution in [0.25, 0.3) is 22.0 Å². The van der Waals surface area contributed by atoms with Crippen molar-refractivity contribution in [3.63, 3.8) is 0 Å². The van der Waals surface area contributed by atoms with Crippen LogP contribution in [0.15, 0.2) is 77.9 Å². The minimum absolute atomic E-state index is 0.0161. The van der Waals surface area contributed by atoms with Gasteiger partial charge in [0.25, 0.3) is 5.56 Å². The van der Waals surface area contributed by atoms with Gasteiger partial charge in [0, 0.05) is 19.5 Å². The molecule has 0 saturated carbocycles. The molecule has 1 heterocycles. The molecule has 0 aliphatic heterocycles. The number of hydrogen-bond acceptors (Lipinski definition) is 6. The molecule has 0 fully saturated rings. The molecule has 0 bridgehead atoms. The smallest absolute Gasteiger partial charge is 0.261 e. The van der Waals surface area contributed by atoms with E-state index in [1.54, 1.807) is 7.05 Å². The van der Waals surface area contributed by atoms with Gasteiger partial charge in [-0.2, -0.15) is 0 Å². The summed E-state index contributed by atoms with van der Waals surface area (Å²) >= 11 is 5.78. The van der Waals surface area contributed by atoms with E-state index in [0.717, 1.165) is 22.8 Å². The standard InChI is InChI=1S/C30H31ClFN5O4/c1-18(38)28(33-2)29(40)36-26(21-10-6-9-20(13-21)19-7-4-3-5-8-19)16-34-27(39)11-12-37-17-35-25-15-23(31)24(32)14-22(25)30(37)41/h3-10,13-15,17-18,26,28,33,38H,11-12,16H2,1-2H3,(H,34,39)(H,36,40)/t18-,26+,28+/m1/s1. The van der Waals surface area contributed by atoms with Crippen LogP contribution in [0.5, 0.6) is 0 Å². The van der Waals surface area contributed by atoms with Gasteiger partial charge in [0.1, 0.15) is 11.9 Å². The molecule has 2 amide bonds. The van der Waals surface area contributed by atoms with E-state index in [9.17, 15) is 23.9 Å². The van der Waals surface area contributed by atoms with Crippen molar-refractivity contribution < 1.29 is 19.1 Å². The summed E-state index contributed by atoms with van der Waals surface area (Å²) in [6.45, 7) is 1.59. The fourth-order valence-corrected chi connectivity index (χ4v) is 4.67. The summed E-state index contributed by atoms with van der Waals surface area (Å²) in [7, 11) is 1.58. The molecule has 0 radical (unpaired) electrons. The molecule has 0 saturated heterocycles. The molecule has 4 aromatic rings. The molecule has 1 aromatic heterocycles. The molecule has 214 valence electrons. The number of aliphatic hydroxyl groups is 1. The zero-order chi connectivity index (χ0) is 29.5. The number of aliphatic hydroxyl groups excluding tert-OH is 1. The number of fused-ring (bicyclic) bond motifs is 1. The maximum atomic E-state index is 13.9. The Morgan fingerprint density at radius 1 is 1.07 bits per heavy atom. The van der Waals surface area contributed by atoms with Crippen LogP contribution in [0.2, 0.25) is 5.02 Å². The Bertz CT molecular complexity index is 1600. The highest BCUT2D eigenvalue weighted by Gasteiger charge is 2.25. The molecule has 9 nitrogen and oxygen atoms in total. The normalized spacial score (nSPS) is 13.4. The van der Waals surface area contributed by atoms with E-state index >= 15 is 0 Å². The van der Waals surface area contributed by atoms with E-state index < -0.39 is 35.5 Å². The minimum Gasteiger partial charge on any atom is -0.391 e. The zero-order valence-electron chi connectivity index (χ0n) is 22.6. The third-order valence-corrected chi connectivity index (χ3v) is 7.03. The van der Waals surface area contributed by atoms with Gasteiger partial charge in [-0.25, -0.2) is 9.37 Å². The summed E-state index contributed by atoms with van der Waals surface area (Å²) in [6.07, 6.45) is 0.295. The van der Waals surface area contributed by atoms with Crippen LogP contribution in [0.3, 0.4) is 0 Å². The Morgan fingerprint density at radius 2 is 1.80 bits per heavy atom. The lowest BCUT2D eigenvalue weighted by Gasteiger charge is -2.25. The summed E-state index contributed by atoms with van der Waals surface area (Å²) in [5, 5.41) is 18.5. The molecule has 3 atom stereocenters. The van der Waals surface area contributed by atoms with Gasteiger partial charge in [0.2, 0.25) is 11.8 Å². The number of carbonyl (C=O) groups excluding carboxylic acids is 2. The maximum Gasteiger partial charge on any atom is 0.261 e. The van der Waals surface area contributed by atoms with E-state index in [1.165, 1.54) is 23.9 Å². The lowest BCUT2D eigenvalue weighted by molar-refractivity contribution is -0.127. The fourth-order valence-electron chi connectivity index (χ4n) is 4.51. The van der Waals surface area contributed by atoms with Gasteiger partial charge in [0.05, 0.1) is 34.4 Å². The van der Waals surface area contributed by atoms with Gasteiger partial charge in [0.15, 0.2) is 0 Å². The molecule has 3 aromatic carbocycles. The van der Waals surface area contributed by atoms with Crippen molar-refractivity contribution in [3.05, 3.63) is 99.8 Å². The number of amides is 2. The topological polar surface area (TPSA) is 125 Å². The molecule has 11 heteroatoms. The lowest BCUT2D eigenvalue weighted by atomic mass is 9.99. The van der Waals surface area contributed by atoms with Crippen molar-refractivity contribution in [2.24, 2.45) is 0 Å². The van der Waals surface area contributed by atoms with Gasteiger partial charge in [-0.15, -0.1) is 0 Å². The number of rotatable bonds is 11. The summed E-state index contributed by atoms with van der Waals surface area (Å²) in [4.78, 5) is 42.7. The van der Waals surface area contributed by atoms with Crippen LogP contribution in [0.1, 0.15) is 24.9 Å². The Balaban J connectivity index is 1.49. The second-order valence-corrected chi connectivity index (χ2v) is 10.0. The predicted octanol–water partition coefficient (Wildman–Crippen LogP) is 3.19. The number of hydrogen-bond donors (Lipinski definition) is 4. The number of nitrogens with zero attached hydrogens (tertiary/aromatic N) is 2. The van der Waals surface area contributed by atoms with Crippen LogP contribution in [0.4, 0.5) is 4.39 Å². The van der Waals surface area contributed by atoms with Crippen LogP contribution >= 0.6 is 11.6 Å². The van der Waals surface area contributed by atoms with E-state index in [0.29, 0.717) is 0 Å². The molecule has 4 N–H and O–H groups in total. The number of aryl methyl sites for hydroxylation is 1. The quantitative estimate of drug-likeness (QED) is 0.216. The van der Waals surface area contributed by atoms with Crippen molar-refractivity contribution in [2.75, 3.05) is 13.6 Å². The minimum atomic E-state index is -0.940. The second kappa shape index (κ2) is 13.5. The van der Waals surface area contributed by atoms with Gasteiger partial charge >= 0.3 is 0 Å². The first-order valence-corrected chi connectivity index (χ1v) is 13.5. The molecular formula is C30H31ClFN5O4. The predicted molar refractivity (Wildman–Crippen MR) is 156 cm³/mol. The summed E-state index contributed by atoms with van der Waals surface area (Å²) < 4.78 is 15.1. The van der Waals surface area contributed by atoms with Gasteiger partial charge in [-0.05, 0) is 48.9 Å². The fraction of sp³-hybridized carbons (Fsp3) is 0.267. The van der Waals surface area contributed by atoms with Gasteiger partial charge in [-0.3, -0.25) is 19.0 Å². The third-order valence-electron chi connectivity index (χ3n) is 6.74. The van der Waals surface area contributed by atoms with Crippen molar-refractivity contribution in [3.8, 4) is 11.1 Å². The van der Waals surface area contributed by atoms with Crippen molar-refractivity contribution in [1.29, 1.82) is 0 Å². The average molecular weight is 580 g/mol. The van der Waals surface area contributed by atoms with Gasteiger partial charge < -0.3 is 21.1 Å². The number of nitrogens with one attached hydrogen (secondary N) is 3. The summed E-state index contributed by atoms with van der Waals surface area (Å²) in [6, 6.07) is 18.2. The van der Waals surface area contributed by atoms with Crippen LogP contribution in [-0.2, 0) is 16.1 Å². The number of halogens is 2. The molecular weight excluding hydrogens is 549 g/mol. The number of aromatic nitrogens is 2. The summed E-state index contributed by atoms with van der Waals surface area (Å²) in [5.41, 5.74) is 2.47. The van der Waals surface area contributed by atoms with Crippen molar-refractivity contribution >= 4 is 34.3 Å². The van der Waals surface area contributed by atoms with E-state index in [4.69, 9.17) is 11.6 Å². The van der Waals surface area contributed by atoms with Crippen LogP contribution in [-0.4, -0.2) is 52.2 Å². The van der Waals surface area contributed by atoms with Crippen LogP contribution in [0, 0.1) is 5.82 Å². The van der Waals surface area contributed by atoms with E-state index in [1.807, 2.05) is 54.6 Å². The largest absolute Gasteiger partial charge is 0.391 e. The highest BCUT2D eigenvalue weighted by molar-refractivity contribution is 6.31. The Morgan fingerprint density at radius 3 is 2.51 bits per heavy atom. The second-order valence-electron chi connectivity index (χ2n) is 9.64. The number of likely N-dealkylation sites (N-methyl/N-ethyl adjacent to an activating group) is 1. The SMILES string of the molecule is CN[C@H](C(=O)N[C@@H](CNC(=O)CCn1cnc2cc(Cl)c(F)cc2c1=O)c1cccc(-c2ccccc2)c1)[C@@H](C)O. The van der Waals surface area contributed by atoms with Crippen molar-refractivity contribution in [1.82, 2.24) is 25.5 Å². The number of benzene rings is 3. The number of carbonyl (C=O) groups is 2. The third kappa shape index (κ3) is 7.35. The zero-order valence-corrected chi connectivity index (χ0v) is 23.4. The Kier molecular flexibility index (Phi) is 9.82. The lowest BCUT2D eigenvalue weighted by Crippen LogP contribution is -2.51. The summed E-state index contributed by atoms with van der Waals surface area (Å²) in [5.74, 6) is -1.51. The first kappa shape index (κ1) is 29.9. The highest BCUT2D eigenvalue weighted by atomic mass is 35.5. The molecule has 4 rings (SSSR count). The van der Waals surface area contributed by atoms with Crippen LogP contribution < -0.4 is 21.5 Å². The molecule has 0 aliphatic carbocycles. The van der Waals surface area contributed by atoms with E-state index in [2.05, 4.69) is 20.9 Å². The maximum absolute atomic E-state index is 13.9. The molecule has 0 aliphatic rings. The Labute approximate surface area is 241 Å². The molecule has 41 heavy (non-hydrogen) atoms. The molecule has 0 unspecified atom stereocenters.